The molecule has 0 fully saturated rings. The molecule has 0 unspecified atom stereocenters. The fourth-order valence-corrected chi connectivity index (χ4v) is 6.02. The molecule has 0 aliphatic rings. The molecule has 9 aromatic rings. The molecular weight excluding hydrogens is 544 g/mol. The molecule has 9 rings (SSSR count). The molecule has 0 N–H and O–H groups in total. The molecule has 0 atom stereocenters. The van der Waals surface area contributed by atoms with E-state index in [1.165, 1.54) is 0 Å². The lowest BCUT2D eigenvalue weighted by Gasteiger charge is -2.11. The first-order valence-corrected chi connectivity index (χ1v) is 14.3. The van der Waals surface area contributed by atoms with Gasteiger partial charge in [-0.1, -0.05) is 91.0 Å². The van der Waals surface area contributed by atoms with Crippen molar-refractivity contribution in [2.45, 2.75) is 0 Å². The molecule has 0 aliphatic heterocycles. The van der Waals surface area contributed by atoms with Gasteiger partial charge in [-0.3, -0.25) is 4.57 Å². The van der Waals surface area contributed by atoms with Gasteiger partial charge >= 0.3 is 0 Å². The van der Waals surface area contributed by atoms with Gasteiger partial charge in [-0.2, -0.15) is 0 Å². The Balaban J connectivity index is 1.31. The van der Waals surface area contributed by atoms with Crippen molar-refractivity contribution < 1.29 is 4.42 Å². The van der Waals surface area contributed by atoms with E-state index in [0.717, 1.165) is 66.3 Å². The average molecular weight is 567 g/mol. The van der Waals surface area contributed by atoms with Crippen molar-refractivity contribution in [1.29, 1.82) is 0 Å². The standard InChI is InChI=1S/C37H22N6O/c1-3-10-23(11-4-1)34-40-35(24-12-5-2-6-13-24)42-36(41-34)25-14-9-15-26(20-25)43-33-27(29-21-38-22-39-37(29)43)18-19-31-32(33)28-16-7-8-17-30(28)44-31/h1-22H. The minimum Gasteiger partial charge on any atom is -0.456 e. The molecule has 206 valence electrons. The summed E-state index contributed by atoms with van der Waals surface area (Å²) in [6.07, 6.45) is 3.47. The number of hydrogen-bond acceptors (Lipinski definition) is 6. The molecule has 7 nitrogen and oxygen atoms in total. The van der Waals surface area contributed by atoms with E-state index in [4.69, 9.17) is 24.4 Å². The number of para-hydroxylation sites is 1. The van der Waals surface area contributed by atoms with Gasteiger partial charge in [0.15, 0.2) is 17.5 Å². The van der Waals surface area contributed by atoms with Crippen molar-refractivity contribution in [3.8, 4) is 39.9 Å². The molecular formula is C37H22N6O. The van der Waals surface area contributed by atoms with Crippen molar-refractivity contribution in [1.82, 2.24) is 29.5 Å². The van der Waals surface area contributed by atoms with E-state index in [1.807, 2.05) is 103 Å². The lowest BCUT2D eigenvalue weighted by atomic mass is 10.1. The van der Waals surface area contributed by atoms with Gasteiger partial charge in [-0.05, 0) is 30.3 Å². The van der Waals surface area contributed by atoms with Crippen LogP contribution in [0, 0.1) is 0 Å². The summed E-state index contributed by atoms with van der Waals surface area (Å²) in [4.78, 5) is 23.9. The van der Waals surface area contributed by atoms with Crippen LogP contribution in [0.2, 0.25) is 0 Å². The first-order valence-electron chi connectivity index (χ1n) is 14.3. The molecule has 4 heterocycles. The maximum atomic E-state index is 6.27. The van der Waals surface area contributed by atoms with Gasteiger partial charge in [0.05, 0.1) is 10.9 Å². The molecule has 7 heteroatoms. The maximum Gasteiger partial charge on any atom is 0.164 e. The normalized spacial score (nSPS) is 11.6. The smallest absolute Gasteiger partial charge is 0.164 e. The molecule has 5 aromatic carbocycles. The Morgan fingerprint density at radius 2 is 1.18 bits per heavy atom. The van der Waals surface area contributed by atoms with Gasteiger partial charge in [-0.15, -0.1) is 0 Å². The Morgan fingerprint density at radius 3 is 1.93 bits per heavy atom. The SMILES string of the molecule is c1ccc(-c2nc(-c3ccccc3)nc(-c3cccc(-n4c5ncncc5c5ccc6oc7ccccc7c6c54)c3)n2)cc1. The molecule has 0 saturated heterocycles. The Hall–Kier alpha value is -6.21. The van der Waals surface area contributed by atoms with Gasteiger partial charge in [0.2, 0.25) is 0 Å². The number of nitrogens with zero attached hydrogens (tertiary/aromatic N) is 6. The quantitative estimate of drug-likeness (QED) is 0.212. The summed E-state index contributed by atoms with van der Waals surface area (Å²) >= 11 is 0. The van der Waals surface area contributed by atoms with E-state index in [-0.39, 0.29) is 0 Å². The lowest BCUT2D eigenvalue weighted by molar-refractivity contribution is 0.669. The second-order valence-corrected chi connectivity index (χ2v) is 10.6. The number of fused-ring (bicyclic) bond motifs is 7. The van der Waals surface area contributed by atoms with E-state index in [2.05, 4.69) is 33.8 Å². The van der Waals surface area contributed by atoms with Crippen LogP contribution in [0.15, 0.2) is 138 Å². The predicted octanol–water partition coefficient (Wildman–Crippen LogP) is 8.66. The van der Waals surface area contributed by atoms with Crippen LogP contribution in [-0.4, -0.2) is 29.5 Å². The molecule has 0 spiro atoms. The Bertz CT molecular complexity index is 2440. The summed E-state index contributed by atoms with van der Waals surface area (Å²) in [5.41, 5.74) is 7.16. The Morgan fingerprint density at radius 1 is 0.523 bits per heavy atom. The van der Waals surface area contributed by atoms with Crippen LogP contribution in [0.1, 0.15) is 0 Å². The zero-order valence-corrected chi connectivity index (χ0v) is 23.3. The van der Waals surface area contributed by atoms with Crippen molar-refractivity contribution in [2.75, 3.05) is 0 Å². The van der Waals surface area contributed by atoms with Gasteiger partial charge in [0.25, 0.3) is 0 Å². The van der Waals surface area contributed by atoms with Crippen molar-refractivity contribution >= 4 is 43.9 Å². The summed E-state index contributed by atoms with van der Waals surface area (Å²) in [7, 11) is 0. The van der Waals surface area contributed by atoms with Crippen LogP contribution in [-0.2, 0) is 0 Å². The monoisotopic (exact) mass is 566 g/mol. The zero-order valence-electron chi connectivity index (χ0n) is 23.3. The fourth-order valence-electron chi connectivity index (χ4n) is 6.02. The summed E-state index contributed by atoms with van der Waals surface area (Å²) < 4.78 is 8.47. The summed E-state index contributed by atoms with van der Waals surface area (Å²) in [5, 5.41) is 4.12. The van der Waals surface area contributed by atoms with Gasteiger partial charge in [0, 0.05) is 44.7 Å². The third-order valence-corrected chi connectivity index (χ3v) is 7.99. The van der Waals surface area contributed by atoms with E-state index < -0.39 is 0 Å². The molecule has 0 aliphatic carbocycles. The van der Waals surface area contributed by atoms with Crippen molar-refractivity contribution in [3.63, 3.8) is 0 Å². The van der Waals surface area contributed by atoms with Crippen LogP contribution < -0.4 is 0 Å². The minimum atomic E-state index is 0.592. The number of hydrogen-bond donors (Lipinski definition) is 0. The van der Waals surface area contributed by atoms with Crippen molar-refractivity contribution in [3.05, 3.63) is 134 Å². The van der Waals surface area contributed by atoms with Crippen LogP contribution in [0.3, 0.4) is 0 Å². The molecule has 0 bridgehead atoms. The van der Waals surface area contributed by atoms with Crippen LogP contribution in [0.5, 0.6) is 0 Å². The number of rotatable bonds is 4. The van der Waals surface area contributed by atoms with E-state index in [9.17, 15) is 0 Å². The predicted molar refractivity (Wildman–Crippen MR) is 173 cm³/mol. The van der Waals surface area contributed by atoms with Crippen LogP contribution in [0.25, 0.3) is 83.7 Å². The highest BCUT2D eigenvalue weighted by atomic mass is 16.3. The number of furan rings is 1. The van der Waals surface area contributed by atoms with Gasteiger partial charge in [0.1, 0.15) is 23.1 Å². The lowest BCUT2D eigenvalue weighted by Crippen LogP contribution is -2.01. The average Bonchev–Trinajstić information content (AvgIpc) is 3.65. The third kappa shape index (κ3) is 3.80. The van der Waals surface area contributed by atoms with E-state index in [1.54, 1.807) is 6.33 Å². The molecule has 44 heavy (non-hydrogen) atoms. The highest BCUT2D eigenvalue weighted by molar-refractivity contribution is 6.23. The second-order valence-electron chi connectivity index (χ2n) is 10.6. The zero-order chi connectivity index (χ0) is 29.0. The molecule has 0 radical (unpaired) electrons. The fraction of sp³-hybridized carbons (Fsp3) is 0. The minimum absolute atomic E-state index is 0.592. The summed E-state index contributed by atoms with van der Waals surface area (Å²) in [6, 6.07) is 40.5. The van der Waals surface area contributed by atoms with Crippen LogP contribution in [0.4, 0.5) is 0 Å². The molecule has 0 saturated carbocycles. The van der Waals surface area contributed by atoms with Gasteiger partial charge in [-0.25, -0.2) is 24.9 Å². The molecule has 0 amide bonds. The Labute approximate surface area is 251 Å². The van der Waals surface area contributed by atoms with E-state index in [0.29, 0.717) is 17.5 Å². The largest absolute Gasteiger partial charge is 0.456 e. The second kappa shape index (κ2) is 9.68. The Kier molecular flexibility index (Phi) is 5.36. The first kappa shape index (κ1) is 24.4. The van der Waals surface area contributed by atoms with E-state index >= 15 is 0 Å². The maximum absolute atomic E-state index is 6.27. The summed E-state index contributed by atoms with van der Waals surface area (Å²) in [6.45, 7) is 0. The number of benzene rings is 5. The van der Waals surface area contributed by atoms with Crippen LogP contribution >= 0.6 is 0 Å². The van der Waals surface area contributed by atoms with Gasteiger partial charge < -0.3 is 4.42 Å². The number of aromatic nitrogens is 6. The third-order valence-electron chi connectivity index (χ3n) is 7.99. The first-order chi connectivity index (χ1) is 21.8. The molecule has 4 aromatic heterocycles. The highest BCUT2D eigenvalue weighted by Crippen LogP contribution is 2.40. The topological polar surface area (TPSA) is 82.5 Å². The highest BCUT2D eigenvalue weighted by Gasteiger charge is 2.20. The van der Waals surface area contributed by atoms with Crippen molar-refractivity contribution in [2.24, 2.45) is 0 Å². The summed E-state index contributed by atoms with van der Waals surface area (Å²) in [5.74, 6) is 1.83.